The van der Waals surface area contributed by atoms with Crippen LogP contribution in [-0.2, 0) is 4.74 Å². The molecule has 0 spiro atoms. The van der Waals surface area contributed by atoms with Gasteiger partial charge in [-0.1, -0.05) is 5.21 Å². The van der Waals surface area contributed by atoms with Gasteiger partial charge in [-0.15, -0.1) is 5.10 Å². The Labute approximate surface area is 132 Å². The third-order valence-corrected chi connectivity index (χ3v) is 4.08. The summed E-state index contributed by atoms with van der Waals surface area (Å²) in [5.74, 6) is -0.122. The van der Waals surface area contributed by atoms with Gasteiger partial charge in [-0.05, 0) is 40.2 Å². The predicted molar refractivity (Wildman–Crippen MR) is 83.9 cm³/mol. The highest BCUT2D eigenvalue weighted by Crippen LogP contribution is 2.13. The molecule has 1 aromatic rings. The van der Waals surface area contributed by atoms with Gasteiger partial charge in [-0.25, -0.2) is 4.68 Å². The summed E-state index contributed by atoms with van der Waals surface area (Å²) in [4.78, 5) is 14.7. The molecule has 0 saturated carbocycles. The zero-order valence-corrected chi connectivity index (χ0v) is 14.0. The lowest BCUT2D eigenvalue weighted by Crippen LogP contribution is -2.48. The molecule has 0 bridgehead atoms. The quantitative estimate of drug-likeness (QED) is 0.849. The Balaban J connectivity index is 1.94. The maximum Gasteiger partial charge on any atom is 0.274 e. The van der Waals surface area contributed by atoms with Crippen LogP contribution in [0.15, 0.2) is 0 Å². The van der Waals surface area contributed by atoms with Crippen molar-refractivity contribution in [3.63, 3.8) is 0 Å². The Morgan fingerprint density at radius 2 is 2.27 bits per heavy atom. The van der Waals surface area contributed by atoms with E-state index in [9.17, 15) is 4.79 Å². The third kappa shape index (κ3) is 4.04. The van der Waals surface area contributed by atoms with Gasteiger partial charge < -0.3 is 10.1 Å². The van der Waals surface area contributed by atoms with Crippen LogP contribution in [0.2, 0.25) is 0 Å². The first-order valence-electron chi connectivity index (χ1n) is 7.97. The van der Waals surface area contributed by atoms with Crippen molar-refractivity contribution >= 4 is 5.91 Å². The molecule has 1 fully saturated rings. The van der Waals surface area contributed by atoms with Crippen LogP contribution in [0.25, 0.3) is 0 Å². The number of piperidine rings is 1. The van der Waals surface area contributed by atoms with Gasteiger partial charge in [0.15, 0.2) is 5.69 Å². The summed E-state index contributed by atoms with van der Waals surface area (Å²) in [6.07, 6.45) is 2.10. The van der Waals surface area contributed by atoms with Gasteiger partial charge in [0.1, 0.15) is 0 Å². The SMILES string of the molecule is COCCN1CCCC(NC(=O)c2nnn(C(C)C)c2C)C1. The van der Waals surface area contributed by atoms with Crippen molar-refractivity contribution in [1.82, 2.24) is 25.2 Å². The number of nitrogens with zero attached hydrogens (tertiary/aromatic N) is 4. The lowest BCUT2D eigenvalue weighted by molar-refractivity contribution is 0.0873. The van der Waals surface area contributed by atoms with Gasteiger partial charge >= 0.3 is 0 Å². The van der Waals surface area contributed by atoms with Gasteiger partial charge in [0.2, 0.25) is 0 Å². The Morgan fingerprint density at radius 1 is 1.50 bits per heavy atom. The summed E-state index contributed by atoms with van der Waals surface area (Å²) in [7, 11) is 1.71. The van der Waals surface area contributed by atoms with Crippen LogP contribution in [0.1, 0.15) is 48.9 Å². The average molecular weight is 309 g/mol. The molecule has 1 saturated heterocycles. The summed E-state index contributed by atoms with van der Waals surface area (Å²) >= 11 is 0. The van der Waals surface area contributed by atoms with Crippen LogP contribution in [0.4, 0.5) is 0 Å². The van der Waals surface area contributed by atoms with E-state index in [1.54, 1.807) is 11.8 Å². The minimum atomic E-state index is -0.122. The van der Waals surface area contributed by atoms with Gasteiger partial charge in [0, 0.05) is 32.3 Å². The van der Waals surface area contributed by atoms with Gasteiger partial charge in [0.05, 0.1) is 12.3 Å². The summed E-state index contributed by atoms with van der Waals surface area (Å²) in [6, 6.07) is 0.370. The van der Waals surface area contributed by atoms with Crippen LogP contribution >= 0.6 is 0 Å². The fourth-order valence-electron chi connectivity index (χ4n) is 2.89. The van der Waals surface area contributed by atoms with Crippen molar-refractivity contribution in [2.24, 2.45) is 0 Å². The topological polar surface area (TPSA) is 72.3 Å². The zero-order chi connectivity index (χ0) is 16.1. The second-order valence-electron chi connectivity index (χ2n) is 6.17. The van der Waals surface area contributed by atoms with Crippen LogP contribution in [-0.4, -0.2) is 65.2 Å². The molecule has 124 valence electrons. The number of carbonyl (C=O) groups is 1. The highest BCUT2D eigenvalue weighted by molar-refractivity contribution is 5.93. The molecule has 0 aromatic carbocycles. The largest absolute Gasteiger partial charge is 0.383 e. The first-order valence-corrected chi connectivity index (χ1v) is 7.97. The highest BCUT2D eigenvalue weighted by atomic mass is 16.5. The van der Waals surface area contributed by atoms with Gasteiger partial charge in [-0.2, -0.15) is 0 Å². The molecule has 2 rings (SSSR count). The molecular formula is C15H27N5O2. The Hall–Kier alpha value is -1.47. The Morgan fingerprint density at radius 3 is 2.91 bits per heavy atom. The van der Waals surface area contributed by atoms with Crippen molar-refractivity contribution in [2.75, 3.05) is 33.4 Å². The molecule has 1 amide bonds. The van der Waals surface area contributed by atoms with Crippen molar-refractivity contribution in [3.05, 3.63) is 11.4 Å². The molecule has 7 heteroatoms. The van der Waals surface area contributed by atoms with E-state index in [2.05, 4.69) is 20.5 Å². The second kappa shape index (κ2) is 7.69. The van der Waals surface area contributed by atoms with E-state index in [0.717, 1.165) is 44.8 Å². The number of aromatic nitrogens is 3. The molecule has 1 aromatic heterocycles. The average Bonchev–Trinajstić information content (AvgIpc) is 2.87. The Kier molecular flexibility index (Phi) is 5.90. The molecule has 1 atom stereocenters. The monoisotopic (exact) mass is 309 g/mol. The number of hydrogen-bond donors (Lipinski definition) is 1. The van der Waals surface area contributed by atoms with Crippen LogP contribution in [0.5, 0.6) is 0 Å². The van der Waals surface area contributed by atoms with Gasteiger partial charge in [-0.3, -0.25) is 9.69 Å². The molecule has 0 aliphatic carbocycles. The lowest BCUT2D eigenvalue weighted by atomic mass is 10.1. The van der Waals surface area contributed by atoms with E-state index in [-0.39, 0.29) is 18.0 Å². The summed E-state index contributed by atoms with van der Waals surface area (Å²) in [5.41, 5.74) is 1.25. The first-order chi connectivity index (χ1) is 10.5. The fourth-order valence-corrected chi connectivity index (χ4v) is 2.89. The molecule has 1 aliphatic rings. The Bertz CT molecular complexity index is 500. The molecule has 7 nitrogen and oxygen atoms in total. The van der Waals surface area contributed by atoms with Crippen molar-refractivity contribution < 1.29 is 9.53 Å². The number of likely N-dealkylation sites (tertiary alicyclic amines) is 1. The van der Waals surface area contributed by atoms with E-state index in [1.807, 2.05) is 20.8 Å². The van der Waals surface area contributed by atoms with Crippen LogP contribution in [0, 0.1) is 6.92 Å². The summed E-state index contributed by atoms with van der Waals surface area (Å²) in [6.45, 7) is 9.51. The van der Waals surface area contributed by atoms with Crippen LogP contribution in [0.3, 0.4) is 0 Å². The number of methoxy groups -OCH3 is 1. The number of carbonyl (C=O) groups excluding carboxylic acids is 1. The number of hydrogen-bond acceptors (Lipinski definition) is 5. The first kappa shape index (κ1) is 16.9. The van der Waals surface area contributed by atoms with E-state index in [1.165, 1.54) is 0 Å². The van der Waals surface area contributed by atoms with Crippen LogP contribution < -0.4 is 5.32 Å². The minimum Gasteiger partial charge on any atom is -0.383 e. The maximum absolute atomic E-state index is 12.4. The molecule has 0 radical (unpaired) electrons. The normalized spacial score (nSPS) is 19.6. The third-order valence-electron chi connectivity index (χ3n) is 4.08. The van der Waals surface area contributed by atoms with E-state index >= 15 is 0 Å². The molecule has 2 heterocycles. The molecule has 22 heavy (non-hydrogen) atoms. The second-order valence-corrected chi connectivity index (χ2v) is 6.17. The van der Waals surface area contributed by atoms with Crippen molar-refractivity contribution in [3.8, 4) is 0 Å². The molecule has 1 aliphatic heterocycles. The number of amides is 1. The highest BCUT2D eigenvalue weighted by Gasteiger charge is 2.24. The lowest BCUT2D eigenvalue weighted by Gasteiger charge is -2.32. The number of rotatable bonds is 6. The minimum absolute atomic E-state index is 0.122. The summed E-state index contributed by atoms with van der Waals surface area (Å²) < 4.78 is 6.90. The predicted octanol–water partition coefficient (Wildman–Crippen LogP) is 1.01. The number of nitrogens with one attached hydrogen (secondary N) is 1. The maximum atomic E-state index is 12.4. The smallest absolute Gasteiger partial charge is 0.274 e. The fraction of sp³-hybridized carbons (Fsp3) is 0.800. The van der Waals surface area contributed by atoms with Crippen molar-refractivity contribution in [1.29, 1.82) is 0 Å². The van der Waals surface area contributed by atoms with E-state index in [4.69, 9.17) is 4.74 Å². The van der Waals surface area contributed by atoms with Gasteiger partial charge in [0.25, 0.3) is 5.91 Å². The molecule has 1 N–H and O–H groups in total. The zero-order valence-electron chi connectivity index (χ0n) is 14.0. The van der Waals surface area contributed by atoms with Crippen molar-refractivity contribution in [2.45, 2.75) is 45.7 Å². The standard InChI is InChI=1S/C15H27N5O2/c1-11(2)20-12(3)14(17-18-20)15(21)16-13-6-5-7-19(10-13)8-9-22-4/h11,13H,5-10H2,1-4H3,(H,16,21). The summed E-state index contributed by atoms with van der Waals surface area (Å²) in [5, 5.41) is 11.2. The molecular weight excluding hydrogens is 282 g/mol. The van der Waals surface area contributed by atoms with E-state index < -0.39 is 0 Å². The molecule has 1 unspecified atom stereocenters. The number of ether oxygens (including phenoxy) is 1. The van der Waals surface area contributed by atoms with E-state index in [0.29, 0.717) is 5.69 Å².